The van der Waals surface area contributed by atoms with Crippen molar-refractivity contribution in [2.24, 2.45) is 0 Å². The summed E-state index contributed by atoms with van der Waals surface area (Å²) in [5.41, 5.74) is 2.82. The predicted molar refractivity (Wildman–Crippen MR) is 120 cm³/mol. The molecule has 0 bridgehead atoms. The van der Waals surface area contributed by atoms with Crippen LogP contribution in [0.3, 0.4) is 0 Å². The zero-order valence-electron chi connectivity index (χ0n) is 16.2. The van der Waals surface area contributed by atoms with Crippen LogP contribution in [0, 0.1) is 0 Å². The van der Waals surface area contributed by atoms with Gasteiger partial charge in [-0.1, -0.05) is 32.5 Å². The van der Waals surface area contributed by atoms with Gasteiger partial charge in [-0.3, -0.25) is 10.1 Å². The maximum Gasteiger partial charge on any atom is 0.279 e. The highest BCUT2D eigenvalue weighted by Crippen LogP contribution is 2.42. The molecule has 1 amide bonds. The number of hydrogen-bond acceptors (Lipinski definition) is 7. The minimum absolute atomic E-state index is 0.288. The van der Waals surface area contributed by atoms with Crippen LogP contribution in [-0.4, -0.2) is 39.1 Å². The molecule has 1 N–H and O–H groups in total. The fourth-order valence-corrected chi connectivity index (χ4v) is 4.76. The fraction of sp³-hybridized carbons (Fsp3) is 0.238. The van der Waals surface area contributed by atoms with Crippen molar-refractivity contribution in [3.63, 3.8) is 0 Å². The first kappa shape index (κ1) is 18.8. The third kappa shape index (κ3) is 3.45. The van der Waals surface area contributed by atoms with E-state index in [-0.39, 0.29) is 11.8 Å². The average molecular weight is 498 g/mol. The molecule has 0 atom stereocenters. The van der Waals surface area contributed by atoms with Gasteiger partial charge in [0, 0.05) is 22.5 Å². The van der Waals surface area contributed by atoms with Crippen LogP contribution in [0.15, 0.2) is 40.9 Å². The SMILES string of the molecule is O=C(Nc1nc2cc3c(cc2s1)OCCO3)c1nnn(-c2ccc(Br)cc2)c1C1CC1. The van der Waals surface area contributed by atoms with Crippen molar-refractivity contribution < 1.29 is 14.3 Å². The van der Waals surface area contributed by atoms with E-state index >= 15 is 0 Å². The second-order valence-corrected chi connectivity index (χ2v) is 9.37. The quantitative estimate of drug-likeness (QED) is 0.444. The highest BCUT2D eigenvalue weighted by atomic mass is 79.9. The number of hydrogen-bond donors (Lipinski definition) is 1. The second kappa shape index (κ2) is 7.31. The van der Waals surface area contributed by atoms with E-state index in [0.29, 0.717) is 35.5 Å². The third-order valence-electron chi connectivity index (χ3n) is 5.23. The minimum Gasteiger partial charge on any atom is -0.486 e. The standard InChI is InChI=1S/C21H16BrN5O3S/c22-12-3-5-13(6-4-12)27-19(11-1-2-11)18(25-26-27)20(28)24-21-23-14-9-15-16(10-17(14)31-21)30-8-7-29-15/h3-6,9-11H,1-2,7-8H2,(H,23,24,28). The van der Waals surface area contributed by atoms with Crippen LogP contribution in [0.4, 0.5) is 5.13 Å². The topological polar surface area (TPSA) is 91.2 Å². The number of anilines is 1. The van der Waals surface area contributed by atoms with E-state index < -0.39 is 0 Å². The molecule has 1 saturated carbocycles. The van der Waals surface area contributed by atoms with Gasteiger partial charge in [-0.2, -0.15) is 0 Å². The number of ether oxygens (including phenoxy) is 2. The number of thiazole rings is 1. The number of rotatable bonds is 4. The number of nitrogens with one attached hydrogen (secondary N) is 1. The summed E-state index contributed by atoms with van der Waals surface area (Å²) in [6.07, 6.45) is 2.05. The van der Waals surface area contributed by atoms with Crippen molar-refractivity contribution in [3.05, 3.63) is 52.3 Å². The Bertz CT molecular complexity index is 1270. The van der Waals surface area contributed by atoms with Gasteiger partial charge in [-0.25, -0.2) is 9.67 Å². The molecule has 2 aromatic heterocycles. The number of benzene rings is 2. The molecular weight excluding hydrogens is 482 g/mol. The van der Waals surface area contributed by atoms with Gasteiger partial charge in [0.25, 0.3) is 5.91 Å². The Morgan fingerprint density at radius 2 is 1.87 bits per heavy atom. The van der Waals surface area contributed by atoms with E-state index in [1.54, 1.807) is 4.68 Å². The summed E-state index contributed by atoms with van der Waals surface area (Å²) in [5, 5.41) is 11.9. The van der Waals surface area contributed by atoms with E-state index in [4.69, 9.17) is 9.47 Å². The summed E-state index contributed by atoms with van der Waals surface area (Å²) in [6.45, 7) is 1.04. The highest BCUT2D eigenvalue weighted by Gasteiger charge is 2.34. The molecule has 0 radical (unpaired) electrons. The lowest BCUT2D eigenvalue weighted by Gasteiger charge is -2.17. The van der Waals surface area contributed by atoms with Crippen molar-refractivity contribution in [1.29, 1.82) is 0 Å². The molecule has 4 aromatic rings. The molecule has 156 valence electrons. The molecule has 1 aliphatic carbocycles. The number of halogens is 1. The van der Waals surface area contributed by atoms with Gasteiger partial charge >= 0.3 is 0 Å². The number of carbonyl (C=O) groups excluding carboxylic acids is 1. The summed E-state index contributed by atoms with van der Waals surface area (Å²) in [6, 6.07) is 11.5. The summed E-state index contributed by atoms with van der Waals surface area (Å²) >= 11 is 4.84. The van der Waals surface area contributed by atoms with Gasteiger partial charge in [0.05, 0.1) is 21.6 Å². The Morgan fingerprint density at radius 1 is 1.13 bits per heavy atom. The number of aromatic nitrogens is 4. The smallest absolute Gasteiger partial charge is 0.279 e. The molecule has 6 rings (SSSR count). The molecule has 0 saturated heterocycles. The largest absolute Gasteiger partial charge is 0.486 e. The van der Waals surface area contributed by atoms with Gasteiger partial charge in [0.15, 0.2) is 22.3 Å². The lowest BCUT2D eigenvalue weighted by molar-refractivity contribution is 0.102. The van der Waals surface area contributed by atoms with Gasteiger partial charge in [0.2, 0.25) is 0 Å². The van der Waals surface area contributed by atoms with Crippen LogP contribution < -0.4 is 14.8 Å². The zero-order chi connectivity index (χ0) is 20.9. The monoisotopic (exact) mass is 497 g/mol. The van der Waals surface area contributed by atoms with E-state index in [1.807, 2.05) is 36.4 Å². The number of carbonyl (C=O) groups is 1. The Labute approximate surface area is 189 Å². The van der Waals surface area contributed by atoms with Gasteiger partial charge < -0.3 is 9.47 Å². The van der Waals surface area contributed by atoms with Crippen molar-refractivity contribution >= 4 is 48.5 Å². The molecule has 0 spiro atoms. The normalized spacial score (nSPS) is 15.3. The van der Waals surface area contributed by atoms with Gasteiger partial charge in [0.1, 0.15) is 13.2 Å². The molecule has 1 fully saturated rings. The molecule has 1 aliphatic heterocycles. The highest BCUT2D eigenvalue weighted by molar-refractivity contribution is 9.10. The minimum atomic E-state index is -0.304. The van der Waals surface area contributed by atoms with Crippen LogP contribution in [0.25, 0.3) is 15.9 Å². The summed E-state index contributed by atoms with van der Waals surface area (Å²) in [4.78, 5) is 17.6. The number of amides is 1. The Hall–Kier alpha value is -2.98. The molecule has 3 heterocycles. The summed E-state index contributed by atoms with van der Waals surface area (Å²) in [5.74, 6) is 1.36. The summed E-state index contributed by atoms with van der Waals surface area (Å²) < 4.78 is 14.9. The van der Waals surface area contributed by atoms with Crippen LogP contribution >= 0.6 is 27.3 Å². The molecule has 31 heavy (non-hydrogen) atoms. The average Bonchev–Trinajstić information content (AvgIpc) is 3.39. The molecule has 2 aliphatic rings. The van der Waals surface area contributed by atoms with Crippen molar-refractivity contribution in [1.82, 2.24) is 20.0 Å². The first-order valence-corrected chi connectivity index (χ1v) is 11.5. The van der Waals surface area contributed by atoms with Gasteiger partial charge in [-0.15, -0.1) is 5.10 Å². The molecule has 10 heteroatoms. The predicted octanol–water partition coefficient (Wildman–Crippen LogP) is 4.54. The Kier molecular flexibility index (Phi) is 4.43. The number of fused-ring (bicyclic) bond motifs is 2. The van der Waals surface area contributed by atoms with Crippen LogP contribution in [-0.2, 0) is 0 Å². The van der Waals surface area contributed by atoms with Crippen LogP contribution in [0.1, 0.15) is 34.9 Å². The van der Waals surface area contributed by atoms with Crippen LogP contribution in [0.5, 0.6) is 11.5 Å². The molecule has 2 aromatic carbocycles. The first-order chi connectivity index (χ1) is 15.2. The maximum absolute atomic E-state index is 13.1. The Morgan fingerprint density at radius 3 is 2.61 bits per heavy atom. The van der Waals surface area contributed by atoms with E-state index in [1.165, 1.54) is 11.3 Å². The zero-order valence-corrected chi connectivity index (χ0v) is 18.6. The number of nitrogens with zero attached hydrogens (tertiary/aromatic N) is 4. The van der Waals surface area contributed by atoms with E-state index in [2.05, 4.69) is 36.5 Å². The third-order valence-corrected chi connectivity index (χ3v) is 6.69. The van der Waals surface area contributed by atoms with Crippen molar-refractivity contribution in [2.75, 3.05) is 18.5 Å². The van der Waals surface area contributed by atoms with Crippen LogP contribution in [0.2, 0.25) is 0 Å². The molecule has 0 unspecified atom stereocenters. The summed E-state index contributed by atoms with van der Waals surface area (Å²) in [7, 11) is 0. The lowest BCUT2D eigenvalue weighted by Crippen LogP contribution is -2.15. The van der Waals surface area contributed by atoms with E-state index in [9.17, 15) is 4.79 Å². The second-order valence-electron chi connectivity index (χ2n) is 7.42. The fourth-order valence-electron chi connectivity index (χ4n) is 3.62. The molecule has 8 nitrogen and oxygen atoms in total. The lowest BCUT2D eigenvalue weighted by atomic mass is 10.2. The van der Waals surface area contributed by atoms with E-state index in [0.717, 1.165) is 38.9 Å². The molecular formula is C21H16BrN5O3S. The maximum atomic E-state index is 13.1. The Balaban J connectivity index is 1.31. The van der Waals surface area contributed by atoms with Crippen molar-refractivity contribution in [3.8, 4) is 17.2 Å². The van der Waals surface area contributed by atoms with Crippen molar-refractivity contribution in [2.45, 2.75) is 18.8 Å². The van der Waals surface area contributed by atoms with Gasteiger partial charge in [-0.05, 0) is 37.1 Å². The first-order valence-electron chi connectivity index (χ1n) is 9.89.